The molecule has 0 N–H and O–H groups in total. The van der Waals surface area contributed by atoms with Crippen LogP contribution < -0.4 is 4.74 Å². The van der Waals surface area contributed by atoms with Gasteiger partial charge in [0, 0.05) is 5.56 Å². The van der Waals surface area contributed by atoms with Crippen LogP contribution in [0.25, 0.3) is 0 Å². The average molecular weight is 269 g/mol. The van der Waals surface area contributed by atoms with Gasteiger partial charge in [-0.05, 0) is 36.8 Å². The summed E-state index contributed by atoms with van der Waals surface area (Å²) in [5.74, 6) is 1.49. The van der Waals surface area contributed by atoms with Gasteiger partial charge in [-0.25, -0.2) is 4.99 Å². The molecule has 3 nitrogen and oxygen atoms in total. The Morgan fingerprint density at radius 3 is 2.30 bits per heavy atom. The van der Waals surface area contributed by atoms with Crippen LogP contribution in [0, 0.1) is 0 Å². The van der Waals surface area contributed by atoms with Crippen molar-refractivity contribution >= 4 is 5.90 Å². The lowest BCUT2D eigenvalue weighted by Gasteiger charge is -2.08. The highest BCUT2D eigenvalue weighted by Gasteiger charge is 2.04. The van der Waals surface area contributed by atoms with Crippen LogP contribution in [0.15, 0.2) is 59.6 Å². The standard InChI is InChI=1S/C17H19NO2/c1-3-20-17(15-9-11-16(19-2)12-10-15)18-13-14-7-5-4-6-8-14/h4-12H,3,13H2,1-2H3. The van der Waals surface area contributed by atoms with Gasteiger partial charge < -0.3 is 9.47 Å². The van der Waals surface area contributed by atoms with E-state index in [1.54, 1.807) is 7.11 Å². The Morgan fingerprint density at radius 1 is 1.00 bits per heavy atom. The van der Waals surface area contributed by atoms with E-state index in [0.29, 0.717) is 19.0 Å². The molecule has 104 valence electrons. The molecule has 0 fully saturated rings. The van der Waals surface area contributed by atoms with Gasteiger partial charge in [-0.1, -0.05) is 30.3 Å². The third-order valence-electron chi connectivity index (χ3n) is 2.87. The quantitative estimate of drug-likeness (QED) is 0.612. The predicted octanol–water partition coefficient (Wildman–Crippen LogP) is 3.68. The fraction of sp³-hybridized carbons (Fsp3) is 0.235. The molecule has 0 radical (unpaired) electrons. The SMILES string of the molecule is CCOC(=NCc1ccccc1)c1ccc(OC)cc1. The van der Waals surface area contributed by atoms with Crippen molar-refractivity contribution in [3.05, 3.63) is 65.7 Å². The van der Waals surface area contributed by atoms with E-state index in [1.165, 1.54) is 5.56 Å². The van der Waals surface area contributed by atoms with Crippen LogP contribution in [0.2, 0.25) is 0 Å². The Balaban J connectivity index is 2.16. The van der Waals surface area contributed by atoms with Crippen molar-refractivity contribution in [2.75, 3.05) is 13.7 Å². The number of aliphatic imine (C=N–C) groups is 1. The molecule has 0 unspecified atom stereocenters. The largest absolute Gasteiger partial charge is 0.497 e. The van der Waals surface area contributed by atoms with Gasteiger partial charge >= 0.3 is 0 Å². The fourth-order valence-electron chi connectivity index (χ4n) is 1.84. The van der Waals surface area contributed by atoms with Crippen LogP contribution in [-0.4, -0.2) is 19.6 Å². The summed E-state index contributed by atoms with van der Waals surface area (Å²) in [4.78, 5) is 4.56. The van der Waals surface area contributed by atoms with Gasteiger partial charge in [0.25, 0.3) is 0 Å². The topological polar surface area (TPSA) is 30.8 Å². The van der Waals surface area contributed by atoms with Crippen molar-refractivity contribution in [1.29, 1.82) is 0 Å². The monoisotopic (exact) mass is 269 g/mol. The van der Waals surface area contributed by atoms with E-state index in [4.69, 9.17) is 9.47 Å². The summed E-state index contributed by atoms with van der Waals surface area (Å²) in [6.45, 7) is 3.17. The molecule has 2 aromatic carbocycles. The van der Waals surface area contributed by atoms with Gasteiger partial charge in [0.1, 0.15) is 5.75 Å². The third kappa shape index (κ3) is 3.85. The zero-order chi connectivity index (χ0) is 14.2. The number of nitrogens with zero attached hydrogens (tertiary/aromatic N) is 1. The molecule has 0 heterocycles. The number of rotatable bonds is 5. The third-order valence-corrected chi connectivity index (χ3v) is 2.87. The van der Waals surface area contributed by atoms with Crippen LogP contribution in [0.3, 0.4) is 0 Å². The first-order chi connectivity index (χ1) is 9.83. The lowest BCUT2D eigenvalue weighted by Crippen LogP contribution is -2.07. The molecule has 0 aliphatic heterocycles. The fourth-order valence-corrected chi connectivity index (χ4v) is 1.84. The molecule has 20 heavy (non-hydrogen) atoms. The maximum absolute atomic E-state index is 5.63. The molecule has 0 aliphatic carbocycles. The summed E-state index contributed by atoms with van der Waals surface area (Å²) >= 11 is 0. The van der Waals surface area contributed by atoms with Gasteiger partial charge in [-0.2, -0.15) is 0 Å². The van der Waals surface area contributed by atoms with Crippen LogP contribution in [0.4, 0.5) is 0 Å². The van der Waals surface area contributed by atoms with Crippen molar-refractivity contribution in [3.8, 4) is 5.75 Å². The normalized spacial score (nSPS) is 11.2. The van der Waals surface area contributed by atoms with Gasteiger partial charge in [-0.3, -0.25) is 0 Å². The van der Waals surface area contributed by atoms with Crippen LogP contribution in [0.5, 0.6) is 5.75 Å². The Morgan fingerprint density at radius 2 is 1.70 bits per heavy atom. The van der Waals surface area contributed by atoms with Crippen LogP contribution >= 0.6 is 0 Å². The van der Waals surface area contributed by atoms with Crippen molar-refractivity contribution in [2.24, 2.45) is 4.99 Å². The Bertz CT molecular complexity index is 547. The molecule has 0 atom stereocenters. The van der Waals surface area contributed by atoms with Gasteiger partial charge in [0.15, 0.2) is 0 Å². The first-order valence-corrected chi connectivity index (χ1v) is 6.69. The molecule has 0 aromatic heterocycles. The molecule has 0 bridgehead atoms. The zero-order valence-corrected chi connectivity index (χ0v) is 11.9. The highest BCUT2D eigenvalue weighted by molar-refractivity contribution is 5.94. The molecule has 3 heteroatoms. The minimum Gasteiger partial charge on any atom is -0.497 e. The van der Waals surface area contributed by atoms with E-state index in [-0.39, 0.29) is 0 Å². The summed E-state index contributed by atoms with van der Waals surface area (Å²) in [6, 6.07) is 17.9. The lowest BCUT2D eigenvalue weighted by atomic mass is 10.2. The lowest BCUT2D eigenvalue weighted by molar-refractivity contribution is 0.326. The summed E-state index contributed by atoms with van der Waals surface area (Å²) in [5.41, 5.74) is 2.13. The van der Waals surface area contributed by atoms with Gasteiger partial charge in [-0.15, -0.1) is 0 Å². The highest BCUT2D eigenvalue weighted by atomic mass is 16.5. The number of benzene rings is 2. The van der Waals surface area contributed by atoms with E-state index in [0.717, 1.165) is 11.3 Å². The second-order valence-corrected chi connectivity index (χ2v) is 4.27. The summed E-state index contributed by atoms with van der Waals surface area (Å²) in [5, 5.41) is 0. The molecule has 2 aromatic rings. The smallest absolute Gasteiger partial charge is 0.216 e. The molecule has 0 saturated carbocycles. The van der Waals surface area contributed by atoms with Crippen LogP contribution in [0.1, 0.15) is 18.1 Å². The maximum atomic E-state index is 5.63. The van der Waals surface area contributed by atoms with E-state index < -0.39 is 0 Å². The Hall–Kier alpha value is -2.29. The van der Waals surface area contributed by atoms with E-state index >= 15 is 0 Å². The predicted molar refractivity (Wildman–Crippen MR) is 81.3 cm³/mol. The Labute approximate surface area is 119 Å². The molecule has 0 aliphatic rings. The van der Waals surface area contributed by atoms with E-state index in [9.17, 15) is 0 Å². The number of ether oxygens (including phenoxy) is 2. The van der Waals surface area contributed by atoms with Crippen molar-refractivity contribution in [3.63, 3.8) is 0 Å². The first-order valence-electron chi connectivity index (χ1n) is 6.69. The number of hydrogen-bond acceptors (Lipinski definition) is 3. The summed E-state index contributed by atoms with van der Waals surface area (Å²) in [7, 11) is 1.65. The number of methoxy groups -OCH3 is 1. The Kier molecular flexibility index (Phi) is 5.18. The summed E-state index contributed by atoms with van der Waals surface area (Å²) < 4.78 is 10.8. The molecule has 0 saturated heterocycles. The second kappa shape index (κ2) is 7.34. The first kappa shape index (κ1) is 14.1. The molecule has 2 rings (SSSR count). The molecule has 0 spiro atoms. The average Bonchev–Trinajstić information content (AvgIpc) is 2.52. The van der Waals surface area contributed by atoms with Crippen molar-refractivity contribution < 1.29 is 9.47 Å². The van der Waals surface area contributed by atoms with E-state index in [2.05, 4.69) is 17.1 Å². The minimum absolute atomic E-state index is 0.597. The van der Waals surface area contributed by atoms with Crippen molar-refractivity contribution in [1.82, 2.24) is 0 Å². The highest BCUT2D eigenvalue weighted by Crippen LogP contribution is 2.13. The maximum Gasteiger partial charge on any atom is 0.216 e. The van der Waals surface area contributed by atoms with Crippen molar-refractivity contribution in [2.45, 2.75) is 13.5 Å². The molecular formula is C17H19NO2. The van der Waals surface area contributed by atoms with Gasteiger partial charge in [0.05, 0.1) is 20.3 Å². The number of hydrogen-bond donors (Lipinski definition) is 0. The van der Waals surface area contributed by atoms with Gasteiger partial charge in [0.2, 0.25) is 5.90 Å². The molecule has 0 amide bonds. The molecular weight excluding hydrogens is 250 g/mol. The van der Waals surface area contributed by atoms with E-state index in [1.807, 2.05) is 49.4 Å². The zero-order valence-electron chi connectivity index (χ0n) is 11.9. The summed E-state index contributed by atoms with van der Waals surface area (Å²) in [6.07, 6.45) is 0. The second-order valence-electron chi connectivity index (χ2n) is 4.27. The van der Waals surface area contributed by atoms with Crippen LogP contribution in [-0.2, 0) is 11.3 Å². The minimum atomic E-state index is 0.597.